The Morgan fingerprint density at radius 3 is 2.50 bits per heavy atom. The first-order valence-electron chi connectivity index (χ1n) is 7.14. The maximum absolute atomic E-state index is 11.7. The number of ether oxygens (including phenoxy) is 1. The Bertz CT molecular complexity index is 673. The van der Waals surface area contributed by atoms with Gasteiger partial charge in [0, 0.05) is 0 Å². The molecule has 0 unspecified atom stereocenters. The lowest BCUT2D eigenvalue weighted by molar-refractivity contribution is -0.123. The molecule has 0 fully saturated rings. The van der Waals surface area contributed by atoms with Crippen LogP contribution < -0.4 is 10.2 Å². The van der Waals surface area contributed by atoms with Gasteiger partial charge in [-0.25, -0.2) is 5.43 Å². The molecule has 2 aromatic carbocycles. The van der Waals surface area contributed by atoms with Gasteiger partial charge >= 0.3 is 0 Å². The summed E-state index contributed by atoms with van der Waals surface area (Å²) < 4.78 is 5.57. The molecule has 0 aliphatic carbocycles. The van der Waals surface area contributed by atoms with E-state index in [9.17, 15) is 4.79 Å². The normalized spacial score (nSPS) is 10.7. The minimum absolute atomic E-state index is 0.0587. The smallest absolute Gasteiger partial charge is 0.277 e. The number of rotatable bonds is 5. The molecule has 0 aliphatic rings. The maximum Gasteiger partial charge on any atom is 0.277 e. The van der Waals surface area contributed by atoms with Crippen LogP contribution in [0.1, 0.15) is 22.3 Å². The number of para-hydroxylation sites is 1. The Morgan fingerprint density at radius 2 is 1.82 bits per heavy atom. The summed E-state index contributed by atoms with van der Waals surface area (Å²) in [5, 5.41) is 3.94. The molecule has 0 spiro atoms. The number of hydrazone groups is 1. The Morgan fingerprint density at radius 1 is 1.14 bits per heavy atom. The van der Waals surface area contributed by atoms with Crippen LogP contribution in [0.3, 0.4) is 0 Å². The molecular formula is C18H20N2O2. The average Bonchev–Trinajstić information content (AvgIpc) is 2.47. The van der Waals surface area contributed by atoms with Crippen molar-refractivity contribution in [3.05, 3.63) is 64.7 Å². The van der Waals surface area contributed by atoms with Crippen molar-refractivity contribution in [2.45, 2.75) is 20.8 Å². The van der Waals surface area contributed by atoms with Gasteiger partial charge in [-0.05, 0) is 37.5 Å². The lowest BCUT2D eigenvalue weighted by Crippen LogP contribution is -2.25. The van der Waals surface area contributed by atoms with Gasteiger partial charge < -0.3 is 4.74 Å². The average molecular weight is 296 g/mol. The number of carbonyl (C=O) groups excluding carboxylic acids is 1. The summed E-state index contributed by atoms with van der Waals surface area (Å²) in [5.74, 6) is 0.465. The lowest BCUT2D eigenvalue weighted by Gasteiger charge is -2.10. The summed E-state index contributed by atoms with van der Waals surface area (Å²) in [6.07, 6.45) is 1.61. The van der Waals surface area contributed by atoms with Gasteiger partial charge in [-0.1, -0.05) is 48.0 Å². The third-order valence-electron chi connectivity index (χ3n) is 3.20. The first kappa shape index (κ1) is 15.8. The van der Waals surface area contributed by atoms with Crippen LogP contribution in [0, 0.1) is 20.8 Å². The highest BCUT2D eigenvalue weighted by atomic mass is 16.5. The molecule has 0 heterocycles. The third-order valence-corrected chi connectivity index (χ3v) is 3.20. The fourth-order valence-corrected chi connectivity index (χ4v) is 2.13. The van der Waals surface area contributed by atoms with Crippen molar-refractivity contribution in [2.75, 3.05) is 6.61 Å². The molecule has 114 valence electrons. The van der Waals surface area contributed by atoms with Gasteiger partial charge in [0.2, 0.25) is 0 Å². The van der Waals surface area contributed by atoms with E-state index in [-0.39, 0.29) is 12.5 Å². The number of benzene rings is 2. The molecule has 0 aliphatic heterocycles. The summed E-state index contributed by atoms with van der Waals surface area (Å²) >= 11 is 0. The van der Waals surface area contributed by atoms with Crippen molar-refractivity contribution in [2.24, 2.45) is 5.10 Å². The van der Waals surface area contributed by atoms with Crippen molar-refractivity contribution in [1.29, 1.82) is 0 Å². The van der Waals surface area contributed by atoms with E-state index in [0.29, 0.717) is 0 Å². The number of amides is 1. The van der Waals surface area contributed by atoms with Crippen LogP contribution >= 0.6 is 0 Å². The Hall–Kier alpha value is -2.62. The second-order valence-electron chi connectivity index (χ2n) is 5.22. The number of carbonyl (C=O) groups is 1. The van der Waals surface area contributed by atoms with Crippen molar-refractivity contribution < 1.29 is 9.53 Å². The highest BCUT2D eigenvalue weighted by Gasteiger charge is 2.06. The van der Waals surface area contributed by atoms with E-state index in [4.69, 9.17) is 4.74 Å². The lowest BCUT2D eigenvalue weighted by atomic mass is 10.1. The second-order valence-corrected chi connectivity index (χ2v) is 5.22. The minimum Gasteiger partial charge on any atom is -0.483 e. The predicted octanol–water partition coefficient (Wildman–Crippen LogP) is 3.14. The van der Waals surface area contributed by atoms with Gasteiger partial charge in [-0.2, -0.15) is 5.10 Å². The molecule has 4 nitrogen and oxygen atoms in total. The van der Waals surface area contributed by atoms with E-state index in [2.05, 4.69) is 10.5 Å². The van der Waals surface area contributed by atoms with Gasteiger partial charge in [0.25, 0.3) is 5.91 Å². The molecule has 1 amide bonds. The Balaban J connectivity index is 1.86. The highest BCUT2D eigenvalue weighted by molar-refractivity contribution is 5.83. The molecule has 0 bridgehead atoms. The fraction of sp³-hybridized carbons (Fsp3) is 0.222. The van der Waals surface area contributed by atoms with E-state index < -0.39 is 0 Å². The van der Waals surface area contributed by atoms with Gasteiger partial charge in [-0.15, -0.1) is 0 Å². The fourth-order valence-electron chi connectivity index (χ4n) is 2.13. The van der Waals surface area contributed by atoms with Gasteiger partial charge in [0.1, 0.15) is 5.75 Å². The highest BCUT2D eigenvalue weighted by Crippen LogP contribution is 2.21. The van der Waals surface area contributed by atoms with Crippen LogP contribution in [0.25, 0.3) is 0 Å². The van der Waals surface area contributed by atoms with E-state index in [1.807, 2.05) is 63.2 Å². The number of nitrogens with one attached hydrogen (secondary N) is 1. The van der Waals surface area contributed by atoms with E-state index in [1.54, 1.807) is 6.21 Å². The third kappa shape index (κ3) is 4.45. The van der Waals surface area contributed by atoms with Gasteiger partial charge in [0.05, 0.1) is 6.21 Å². The zero-order chi connectivity index (χ0) is 15.9. The quantitative estimate of drug-likeness (QED) is 0.680. The first-order valence-corrected chi connectivity index (χ1v) is 7.14. The summed E-state index contributed by atoms with van der Waals surface area (Å²) in [6.45, 7) is 5.86. The summed E-state index contributed by atoms with van der Waals surface area (Å²) in [4.78, 5) is 11.7. The van der Waals surface area contributed by atoms with E-state index in [1.165, 1.54) is 0 Å². The molecule has 2 rings (SSSR count). The van der Waals surface area contributed by atoms with Gasteiger partial charge in [0.15, 0.2) is 6.61 Å². The molecule has 0 aromatic heterocycles. The summed E-state index contributed by atoms with van der Waals surface area (Å²) in [7, 11) is 0. The number of aryl methyl sites for hydroxylation is 3. The Labute approximate surface area is 130 Å². The number of nitrogens with zero attached hydrogens (tertiary/aromatic N) is 1. The molecule has 0 atom stereocenters. The van der Waals surface area contributed by atoms with Crippen LogP contribution in [0.15, 0.2) is 47.6 Å². The van der Waals surface area contributed by atoms with Crippen molar-refractivity contribution in [3.8, 4) is 5.75 Å². The molecule has 2 aromatic rings. The standard InChI is InChI=1S/C18H20N2O2/c1-13-6-4-9-16(10-13)11-19-20-17(21)12-22-18-14(2)7-5-8-15(18)3/h4-11H,12H2,1-3H3,(H,20,21). The maximum atomic E-state index is 11.7. The number of hydrogen-bond donors (Lipinski definition) is 1. The Kier molecular flexibility index (Phi) is 5.31. The second kappa shape index (κ2) is 7.41. The largest absolute Gasteiger partial charge is 0.483 e. The molecule has 22 heavy (non-hydrogen) atoms. The first-order chi connectivity index (χ1) is 10.6. The SMILES string of the molecule is Cc1cccc(C=NNC(=O)COc2c(C)cccc2C)c1. The topological polar surface area (TPSA) is 50.7 Å². The van der Waals surface area contributed by atoms with Crippen LogP contribution in [0.5, 0.6) is 5.75 Å². The van der Waals surface area contributed by atoms with Crippen LogP contribution in [-0.4, -0.2) is 18.7 Å². The zero-order valence-electron chi connectivity index (χ0n) is 13.1. The van der Waals surface area contributed by atoms with Crippen molar-refractivity contribution >= 4 is 12.1 Å². The molecule has 1 N–H and O–H groups in total. The number of hydrogen-bond acceptors (Lipinski definition) is 3. The van der Waals surface area contributed by atoms with Crippen LogP contribution in [0.2, 0.25) is 0 Å². The molecule has 4 heteroatoms. The van der Waals surface area contributed by atoms with Crippen LogP contribution in [0.4, 0.5) is 0 Å². The zero-order valence-corrected chi connectivity index (χ0v) is 13.1. The van der Waals surface area contributed by atoms with E-state index >= 15 is 0 Å². The summed E-state index contributed by atoms with van der Waals surface area (Å²) in [5.41, 5.74) is 6.57. The predicted molar refractivity (Wildman–Crippen MR) is 88.3 cm³/mol. The van der Waals surface area contributed by atoms with Crippen molar-refractivity contribution in [1.82, 2.24) is 5.43 Å². The minimum atomic E-state index is -0.286. The molecule has 0 radical (unpaired) electrons. The van der Waals surface area contributed by atoms with Gasteiger partial charge in [-0.3, -0.25) is 4.79 Å². The molecular weight excluding hydrogens is 276 g/mol. The summed E-state index contributed by atoms with van der Waals surface area (Å²) in [6, 6.07) is 13.7. The van der Waals surface area contributed by atoms with Crippen LogP contribution in [-0.2, 0) is 4.79 Å². The molecule has 0 saturated heterocycles. The van der Waals surface area contributed by atoms with E-state index in [0.717, 1.165) is 28.0 Å². The monoisotopic (exact) mass is 296 g/mol. The molecule has 0 saturated carbocycles. The van der Waals surface area contributed by atoms with Crippen molar-refractivity contribution in [3.63, 3.8) is 0 Å².